The van der Waals surface area contributed by atoms with Crippen molar-refractivity contribution in [2.24, 2.45) is 0 Å². The van der Waals surface area contributed by atoms with Crippen molar-refractivity contribution in [3.05, 3.63) is 96.1 Å². The van der Waals surface area contributed by atoms with Crippen LogP contribution in [0.15, 0.2) is 79.3 Å². The number of aromatic nitrogens is 4. The molecular weight excluding hydrogens is 412 g/mol. The van der Waals surface area contributed by atoms with E-state index < -0.39 is 0 Å². The summed E-state index contributed by atoms with van der Waals surface area (Å²) < 4.78 is 0. The molecule has 0 unspecified atom stereocenters. The lowest BCUT2D eigenvalue weighted by atomic mass is 10.1. The summed E-state index contributed by atoms with van der Waals surface area (Å²) in [5, 5.41) is 7.13. The van der Waals surface area contributed by atoms with Gasteiger partial charge in [-0.15, -0.1) is 0 Å². The number of carbonyl (C=O) groups is 1. The number of H-pyrrole nitrogens is 1. The topological polar surface area (TPSA) is 95.6 Å². The van der Waals surface area contributed by atoms with Gasteiger partial charge >= 0.3 is 0 Å². The molecule has 5 aromatic rings. The largest absolute Gasteiger partial charge is 0.351 e. The SMILES string of the molecule is Cc1ccc(NC(=O)c2cc3cc(Nc4nccc(-c5cccnc5)n4)ccc3[nH]2)c(C)c1. The molecule has 0 saturated heterocycles. The molecule has 0 radical (unpaired) electrons. The maximum Gasteiger partial charge on any atom is 0.272 e. The predicted molar refractivity (Wildman–Crippen MR) is 131 cm³/mol. The number of nitrogens with zero attached hydrogens (tertiary/aromatic N) is 3. The first kappa shape index (κ1) is 20.4. The van der Waals surface area contributed by atoms with Crippen molar-refractivity contribution in [2.75, 3.05) is 10.6 Å². The molecular formula is C26H22N6O. The van der Waals surface area contributed by atoms with Crippen molar-refractivity contribution >= 4 is 34.1 Å². The Morgan fingerprint density at radius 2 is 1.88 bits per heavy atom. The molecule has 7 nitrogen and oxygen atoms in total. The third-order valence-electron chi connectivity index (χ3n) is 5.36. The van der Waals surface area contributed by atoms with Crippen molar-refractivity contribution < 1.29 is 4.79 Å². The highest BCUT2D eigenvalue weighted by Crippen LogP contribution is 2.24. The van der Waals surface area contributed by atoms with Gasteiger partial charge in [0.15, 0.2) is 0 Å². The fourth-order valence-electron chi connectivity index (χ4n) is 3.70. The molecule has 2 aromatic carbocycles. The summed E-state index contributed by atoms with van der Waals surface area (Å²) >= 11 is 0. The summed E-state index contributed by atoms with van der Waals surface area (Å²) in [6, 6.07) is 19.3. The van der Waals surface area contributed by atoms with E-state index in [1.54, 1.807) is 18.6 Å². The number of fused-ring (bicyclic) bond motifs is 1. The van der Waals surface area contributed by atoms with E-state index >= 15 is 0 Å². The number of anilines is 3. The van der Waals surface area contributed by atoms with Crippen LogP contribution >= 0.6 is 0 Å². The summed E-state index contributed by atoms with van der Waals surface area (Å²) in [6.07, 6.45) is 5.21. The number of rotatable bonds is 5. The van der Waals surface area contributed by atoms with Gasteiger partial charge in [-0.1, -0.05) is 17.7 Å². The van der Waals surface area contributed by atoms with Gasteiger partial charge in [0.2, 0.25) is 5.95 Å². The van der Waals surface area contributed by atoms with Crippen LogP contribution in [0.1, 0.15) is 21.6 Å². The van der Waals surface area contributed by atoms with E-state index in [1.807, 2.05) is 74.5 Å². The summed E-state index contributed by atoms with van der Waals surface area (Å²) in [5.74, 6) is 0.305. The van der Waals surface area contributed by atoms with Crippen molar-refractivity contribution in [2.45, 2.75) is 13.8 Å². The molecule has 0 atom stereocenters. The average molecular weight is 435 g/mol. The standard InChI is InChI=1S/C26H22N6O/c1-16-5-7-21(17(2)12-16)31-25(33)24-14-19-13-20(6-8-22(19)30-24)29-26-28-11-9-23(32-26)18-4-3-10-27-15-18/h3-15,30H,1-2H3,(H,31,33)(H,28,29,32). The van der Waals surface area contributed by atoms with Crippen molar-refractivity contribution in [3.63, 3.8) is 0 Å². The number of pyridine rings is 1. The van der Waals surface area contributed by atoms with E-state index in [2.05, 4.69) is 30.6 Å². The highest BCUT2D eigenvalue weighted by molar-refractivity contribution is 6.06. The number of aryl methyl sites for hydroxylation is 2. The van der Waals surface area contributed by atoms with E-state index in [0.29, 0.717) is 11.6 Å². The van der Waals surface area contributed by atoms with Crippen LogP contribution in [0.25, 0.3) is 22.2 Å². The van der Waals surface area contributed by atoms with Gasteiger partial charge in [0, 0.05) is 46.4 Å². The zero-order valence-electron chi connectivity index (χ0n) is 18.3. The van der Waals surface area contributed by atoms with Gasteiger partial charge in [-0.25, -0.2) is 9.97 Å². The van der Waals surface area contributed by atoms with Gasteiger partial charge in [-0.2, -0.15) is 0 Å². The zero-order chi connectivity index (χ0) is 22.8. The second-order valence-electron chi connectivity index (χ2n) is 7.89. The number of hydrogen-bond acceptors (Lipinski definition) is 5. The Balaban J connectivity index is 1.36. The van der Waals surface area contributed by atoms with Crippen LogP contribution in [0.4, 0.5) is 17.3 Å². The highest BCUT2D eigenvalue weighted by atomic mass is 16.1. The summed E-state index contributed by atoms with van der Waals surface area (Å²) in [7, 11) is 0. The zero-order valence-corrected chi connectivity index (χ0v) is 18.3. The maximum absolute atomic E-state index is 12.8. The molecule has 3 heterocycles. The van der Waals surface area contributed by atoms with Crippen molar-refractivity contribution in [1.29, 1.82) is 0 Å². The van der Waals surface area contributed by atoms with Gasteiger partial charge < -0.3 is 15.6 Å². The van der Waals surface area contributed by atoms with Gasteiger partial charge in [0.1, 0.15) is 5.69 Å². The van der Waals surface area contributed by atoms with Crippen LogP contribution in [-0.2, 0) is 0 Å². The predicted octanol–water partition coefficient (Wildman–Crippen LogP) is 5.63. The molecule has 0 spiro atoms. The van der Waals surface area contributed by atoms with Crippen LogP contribution in [-0.4, -0.2) is 25.8 Å². The minimum absolute atomic E-state index is 0.180. The number of amides is 1. The molecule has 3 N–H and O–H groups in total. The van der Waals surface area contributed by atoms with Gasteiger partial charge in [0.25, 0.3) is 5.91 Å². The number of benzene rings is 2. The summed E-state index contributed by atoms with van der Waals surface area (Å²) in [6.45, 7) is 4.01. The first-order valence-corrected chi connectivity index (χ1v) is 10.6. The molecule has 3 aromatic heterocycles. The number of carbonyl (C=O) groups excluding carboxylic acids is 1. The van der Waals surface area contributed by atoms with Crippen LogP contribution in [0.2, 0.25) is 0 Å². The molecule has 0 aliphatic heterocycles. The smallest absolute Gasteiger partial charge is 0.272 e. The third-order valence-corrected chi connectivity index (χ3v) is 5.36. The monoisotopic (exact) mass is 434 g/mol. The van der Waals surface area contributed by atoms with Gasteiger partial charge in [-0.05, 0) is 67.9 Å². The lowest BCUT2D eigenvalue weighted by Gasteiger charge is -2.08. The Morgan fingerprint density at radius 1 is 0.970 bits per heavy atom. The third kappa shape index (κ3) is 4.43. The molecule has 5 rings (SSSR count). The second kappa shape index (κ2) is 8.55. The molecule has 162 valence electrons. The minimum Gasteiger partial charge on any atom is -0.351 e. The Morgan fingerprint density at radius 3 is 2.70 bits per heavy atom. The number of hydrogen-bond donors (Lipinski definition) is 3. The van der Waals surface area contributed by atoms with E-state index in [1.165, 1.54) is 0 Å². The van der Waals surface area contributed by atoms with Gasteiger partial charge in [-0.3, -0.25) is 9.78 Å². The normalized spacial score (nSPS) is 10.8. The first-order chi connectivity index (χ1) is 16.0. The van der Waals surface area contributed by atoms with Crippen LogP contribution in [0.5, 0.6) is 0 Å². The highest BCUT2D eigenvalue weighted by Gasteiger charge is 2.12. The number of aromatic amines is 1. The van der Waals surface area contributed by atoms with E-state index in [9.17, 15) is 4.79 Å². The molecule has 0 aliphatic rings. The molecule has 0 saturated carbocycles. The van der Waals surface area contributed by atoms with E-state index in [0.717, 1.165) is 44.7 Å². The van der Waals surface area contributed by atoms with Crippen LogP contribution in [0, 0.1) is 13.8 Å². The molecule has 33 heavy (non-hydrogen) atoms. The Kier molecular flexibility index (Phi) is 5.28. The summed E-state index contributed by atoms with van der Waals surface area (Å²) in [5.41, 5.74) is 6.89. The van der Waals surface area contributed by atoms with E-state index in [-0.39, 0.29) is 5.91 Å². The lowest BCUT2D eigenvalue weighted by molar-refractivity contribution is 0.102. The maximum atomic E-state index is 12.8. The molecule has 7 heteroatoms. The summed E-state index contributed by atoms with van der Waals surface area (Å²) in [4.78, 5) is 29.0. The Labute approximate surface area is 191 Å². The van der Waals surface area contributed by atoms with E-state index in [4.69, 9.17) is 0 Å². The minimum atomic E-state index is -0.180. The molecule has 1 amide bonds. The fourth-order valence-corrected chi connectivity index (χ4v) is 3.70. The number of nitrogens with one attached hydrogen (secondary N) is 3. The second-order valence-corrected chi connectivity index (χ2v) is 7.89. The fraction of sp³-hybridized carbons (Fsp3) is 0.0769. The molecule has 0 fully saturated rings. The molecule has 0 aliphatic carbocycles. The first-order valence-electron chi connectivity index (χ1n) is 10.6. The Bertz CT molecular complexity index is 1460. The van der Waals surface area contributed by atoms with Gasteiger partial charge in [0.05, 0.1) is 5.69 Å². The molecule has 0 bridgehead atoms. The Hall–Kier alpha value is -4.52. The van der Waals surface area contributed by atoms with Crippen molar-refractivity contribution in [1.82, 2.24) is 19.9 Å². The lowest BCUT2D eigenvalue weighted by Crippen LogP contribution is -2.13. The van der Waals surface area contributed by atoms with Crippen LogP contribution < -0.4 is 10.6 Å². The van der Waals surface area contributed by atoms with Crippen LogP contribution in [0.3, 0.4) is 0 Å². The van der Waals surface area contributed by atoms with Crippen molar-refractivity contribution in [3.8, 4) is 11.3 Å². The quantitative estimate of drug-likeness (QED) is 0.333. The average Bonchev–Trinajstić information content (AvgIpc) is 3.25.